The SMILES string of the molecule is c1coc(C2(CC3CCNCC3)COC2)c1. The van der Waals surface area contributed by atoms with Crippen molar-refractivity contribution in [2.45, 2.75) is 24.7 Å². The molecule has 3 nitrogen and oxygen atoms in total. The molecule has 2 saturated heterocycles. The van der Waals surface area contributed by atoms with E-state index in [1.54, 1.807) is 6.26 Å². The number of piperidine rings is 1. The Hall–Kier alpha value is -0.800. The Morgan fingerprint density at radius 3 is 2.69 bits per heavy atom. The summed E-state index contributed by atoms with van der Waals surface area (Å²) < 4.78 is 11.0. The van der Waals surface area contributed by atoms with Crippen LogP contribution >= 0.6 is 0 Å². The summed E-state index contributed by atoms with van der Waals surface area (Å²) in [7, 11) is 0. The Morgan fingerprint density at radius 2 is 2.12 bits per heavy atom. The first-order chi connectivity index (χ1) is 7.89. The van der Waals surface area contributed by atoms with Gasteiger partial charge in [0.25, 0.3) is 0 Å². The van der Waals surface area contributed by atoms with E-state index in [2.05, 4.69) is 11.4 Å². The van der Waals surface area contributed by atoms with E-state index in [4.69, 9.17) is 9.15 Å². The third-order valence-electron chi connectivity index (χ3n) is 3.94. The van der Waals surface area contributed by atoms with Crippen LogP contribution in [0.4, 0.5) is 0 Å². The maximum Gasteiger partial charge on any atom is 0.114 e. The molecule has 0 bridgehead atoms. The molecule has 0 unspecified atom stereocenters. The van der Waals surface area contributed by atoms with Crippen LogP contribution in [0.25, 0.3) is 0 Å². The second-order valence-electron chi connectivity index (χ2n) is 5.15. The van der Waals surface area contributed by atoms with Crippen molar-refractivity contribution in [3.63, 3.8) is 0 Å². The predicted octanol–water partition coefficient (Wildman–Crippen LogP) is 1.94. The van der Waals surface area contributed by atoms with E-state index >= 15 is 0 Å². The van der Waals surface area contributed by atoms with E-state index in [0.29, 0.717) is 0 Å². The molecule has 1 aromatic rings. The maximum atomic E-state index is 5.59. The molecule has 0 amide bonds. The molecule has 3 heteroatoms. The Labute approximate surface area is 96.2 Å². The van der Waals surface area contributed by atoms with Crippen LogP contribution in [0.2, 0.25) is 0 Å². The van der Waals surface area contributed by atoms with E-state index in [-0.39, 0.29) is 5.41 Å². The van der Waals surface area contributed by atoms with Crippen molar-refractivity contribution < 1.29 is 9.15 Å². The van der Waals surface area contributed by atoms with Crippen molar-refractivity contribution in [2.75, 3.05) is 26.3 Å². The third-order valence-corrected chi connectivity index (χ3v) is 3.94. The summed E-state index contributed by atoms with van der Waals surface area (Å²) in [5, 5.41) is 3.42. The summed E-state index contributed by atoms with van der Waals surface area (Å²) in [6.45, 7) is 4.01. The van der Waals surface area contributed by atoms with Gasteiger partial charge >= 0.3 is 0 Å². The van der Waals surface area contributed by atoms with Crippen LogP contribution in [0.3, 0.4) is 0 Å². The molecule has 0 atom stereocenters. The molecule has 0 spiro atoms. The lowest BCUT2D eigenvalue weighted by Gasteiger charge is -2.42. The molecule has 3 rings (SSSR count). The lowest BCUT2D eigenvalue weighted by atomic mass is 9.73. The molecule has 1 aromatic heterocycles. The molecule has 0 saturated carbocycles. The summed E-state index contributed by atoms with van der Waals surface area (Å²) in [6, 6.07) is 4.08. The second-order valence-corrected chi connectivity index (χ2v) is 5.15. The van der Waals surface area contributed by atoms with Crippen LogP contribution in [-0.2, 0) is 10.2 Å². The van der Waals surface area contributed by atoms with Gasteiger partial charge in [0.05, 0.1) is 24.9 Å². The van der Waals surface area contributed by atoms with Crippen LogP contribution in [0.5, 0.6) is 0 Å². The Balaban J connectivity index is 1.70. The van der Waals surface area contributed by atoms with Gasteiger partial charge < -0.3 is 14.5 Å². The van der Waals surface area contributed by atoms with Gasteiger partial charge in [-0.05, 0) is 50.4 Å². The van der Waals surface area contributed by atoms with Gasteiger partial charge in [-0.1, -0.05) is 0 Å². The number of furan rings is 1. The van der Waals surface area contributed by atoms with E-state index < -0.39 is 0 Å². The van der Waals surface area contributed by atoms with E-state index in [1.165, 1.54) is 32.4 Å². The van der Waals surface area contributed by atoms with Crippen molar-refractivity contribution in [3.05, 3.63) is 24.2 Å². The van der Waals surface area contributed by atoms with Crippen molar-refractivity contribution in [3.8, 4) is 0 Å². The molecule has 2 fully saturated rings. The van der Waals surface area contributed by atoms with Gasteiger partial charge in [-0.2, -0.15) is 0 Å². The van der Waals surface area contributed by atoms with Crippen LogP contribution in [0, 0.1) is 5.92 Å². The molecular formula is C13H19NO2. The summed E-state index contributed by atoms with van der Waals surface area (Å²) in [4.78, 5) is 0. The molecule has 88 valence electrons. The molecule has 16 heavy (non-hydrogen) atoms. The fraction of sp³-hybridized carbons (Fsp3) is 0.692. The highest BCUT2D eigenvalue weighted by molar-refractivity contribution is 5.18. The van der Waals surface area contributed by atoms with Crippen molar-refractivity contribution in [1.82, 2.24) is 5.32 Å². The minimum atomic E-state index is 0.186. The first-order valence-corrected chi connectivity index (χ1v) is 6.22. The molecule has 0 radical (unpaired) electrons. The van der Waals surface area contributed by atoms with Crippen molar-refractivity contribution in [1.29, 1.82) is 0 Å². The first kappa shape index (κ1) is 10.4. The zero-order valence-corrected chi connectivity index (χ0v) is 9.58. The Kier molecular flexibility index (Phi) is 2.74. The zero-order chi connectivity index (χ0) is 10.8. The van der Waals surface area contributed by atoms with Gasteiger partial charge in [0, 0.05) is 0 Å². The number of hydrogen-bond acceptors (Lipinski definition) is 3. The fourth-order valence-electron chi connectivity index (χ4n) is 2.93. The van der Waals surface area contributed by atoms with Crippen LogP contribution < -0.4 is 5.32 Å². The molecule has 3 heterocycles. The highest BCUT2D eigenvalue weighted by Gasteiger charge is 2.44. The van der Waals surface area contributed by atoms with Gasteiger partial charge in [0.1, 0.15) is 5.76 Å². The molecule has 0 aromatic carbocycles. The van der Waals surface area contributed by atoms with Crippen LogP contribution in [0.15, 0.2) is 22.8 Å². The predicted molar refractivity (Wildman–Crippen MR) is 61.4 cm³/mol. The average Bonchev–Trinajstić information content (AvgIpc) is 2.78. The third kappa shape index (κ3) is 1.78. The highest BCUT2D eigenvalue weighted by atomic mass is 16.5. The summed E-state index contributed by atoms with van der Waals surface area (Å²) in [6.07, 6.45) is 5.59. The average molecular weight is 221 g/mol. The molecule has 2 aliphatic rings. The van der Waals surface area contributed by atoms with E-state index in [9.17, 15) is 0 Å². The van der Waals surface area contributed by atoms with Gasteiger partial charge in [-0.15, -0.1) is 0 Å². The molecule has 2 aliphatic heterocycles. The minimum Gasteiger partial charge on any atom is -0.469 e. The smallest absolute Gasteiger partial charge is 0.114 e. The topological polar surface area (TPSA) is 34.4 Å². The second kappa shape index (κ2) is 4.22. The maximum absolute atomic E-state index is 5.59. The zero-order valence-electron chi connectivity index (χ0n) is 9.58. The monoisotopic (exact) mass is 221 g/mol. The lowest BCUT2D eigenvalue weighted by molar-refractivity contribution is -0.0828. The highest BCUT2D eigenvalue weighted by Crippen LogP contribution is 2.40. The summed E-state index contributed by atoms with van der Waals surface area (Å²) >= 11 is 0. The van der Waals surface area contributed by atoms with Gasteiger partial charge in [-0.3, -0.25) is 0 Å². The largest absolute Gasteiger partial charge is 0.469 e. The quantitative estimate of drug-likeness (QED) is 0.847. The van der Waals surface area contributed by atoms with Gasteiger partial charge in [-0.25, -0.2) is 0 Å². The number of rotatable bonds is 3. The minimum absolute atomic E-state index is 0.186. The molecule has 0 aliphatic carbocycles. The molecular weight excluding hydrogens is 202 g/mol. The summed E-state index contributed by atoms with van der Waals surface area (Å²) in [5.74, 6) is 1.95. The van der Waals surface area contributed by atoms with Gasteiger partial charge in [0.15, 0.2) is 0 Å². The Morgan fingerprint density at radius 1 is 1.31 bits per heavy atom. The van der Waals surface area contributed by atoms with Crippen LogP contribution in [0.1, 0.15) is 25.0 Å². The van der Waals surface area contributed by atoms with E-state index in [1.807, 2.05) is 6.07 Å². The number of nitrogens with one attached hydrogen (secondary N) is 1. The summed E-state index contributed by atoms with van der Waals surface area (Å²) in [5.41, 5.74) is 0.186. The number of hydrogen-bond donors (Lipinski definition) is 1. The fourth-order valence-corrected chi connectivity index (χ4v) is 2.93. The number of ether oxygens (including phenoxy) is 1. The van der Waals surface area contributed by atoms with Gasteiger partial charge in [0.2, 0.25) is 0 Å². The van der Waals surface area contributed by atoms with Crippen molar-refractivity contribution >= 4 is 0 Å². The lowest BCUT2D eigenvalue weighted by Crippen LogP contribution is -2.48. The molecule has 1 N–H and O–H groups in total. The normalized spacial score (nSPS) is 25.2. The Bertz CT molecular complexity index is 324. The van der Waals surface area contributed by atoms with Crippen LogP contribution in [-0.4, -0.2) is 26.3 Å². The standard InChI is InChI=1S/C13H19NO2/c1-2-12(16-7-1)13(9-15-10-13)8-11-3-5-14-6-4-11/h1-2,7,11,14H,3-6,8-10H2. The first-order valence-electron chi connectivity index (χ1n) is 6.22. The van der Waals surface area contributed by atoms with E-state index in [0.717, 1.165) is 24.9 Å². The van der Waals surface area contributed by atoms with Crippen molar-refractivity contribution in [2.24, 2.45) is 5.92 Å².